The fourth-order valence-electron chi connectivity index (χ4n) is 3.65. The topological polar surface area (TPSA) is 58.6 Å². The molecule has 0 aromatic heterocycles. The fraction of sp³-hybridized carbons (Fsp3) is 0.875. The number of nitrogens with one attached hydrogen (secondary N) is 1. The summed E-state index contributed by atoms with van der Waals surface area (Å²) >= 11 is 0. The van der Waals surface area contributed by atoms with E-state index in [1.807, 2.05) is 25.7 Å². The Bertz CT molecular complexity index is 399. The maximum Gasteiger partial charge on any atom is 0.246 e. The number of amides is 2. The summed E-state index contributed by atoms with van der Waals surface area (Å²) in [5.74, 6) is 0.220. The van der Waals surface area contributed by atoms with Gasteiger partial charge in [-0.2, -0.15) is 0 Å². The number of nitrogens with zero attached hydrogens (tertiary/aromatic N) is 1. The number of piperazine rings is 1. The average molecular weight is 296 g/mol. The van der Waals surface area contributed by atoms with Gasteiger partial charge in [0.1, 0.15) is 12.1 Å². The third-order valence-corrected chi connectivity index (χ3v) is 5.13. The number of hydrogen-bond acceptors (Lipinski definition) is 3. The summed E-state index contributed by atoms with van der Waals surface area (Å²) in [6.07, 6.45) is 4.54. The lowest BCUT2D eigenvalue weighted by Crippen LogP contribution is -2.68. The Morgan fingerprint density at radius 2 is 2.05 bits per heavy atom. The van der Waals surface area contributed by atoms with Gasteiger partial charge >= 0.3 is 0 Å². The van der Waals surface area contributed by atoms with Crippen molar-refractivity contribution < 1.29 is 14.3 Å². The molecule has 1 N–H and O–H groups in total. The van der Waals surface area contributed by atoms with Crippen molar-refractivity contribution in [1.29, 1.82) is 0 Å². The highest BCUT2D eigenvalue weighted by Gasteiger charge is 2.47. The van der Waals surface area contributed by atoms with Crippen LogP contribution in [0.5, 0.6) is 0 Å². The van der Waals surface area contributed by atoms with E-state index in [4.69, 9.17) is 4.74 Å². The van der Waals surface area contributed by atoms with Gasteiger partial charge in [-0.3, -0.25) is 9.59 Å². The van der Waals surface area contributed by atoms with Crippen molar-refractivity contribution in [2.24, 2.45) is 5.92 Å². The van der Waals surface area contributed by atoms with Gasteiger partial charge in [0.25, 0.3) is 0 Å². The molecule has 0 radical (unpaired) electrons. The molecule has 0 spiro atoms. The van der Waals surface area contributed by atoms with Gasteiger partial charge in [0.05, 0.1) is 12.1 Å². The number of carbonyl (C=O) groups is 2. The summed E-state index contributed by atoms with van der Waals surface area (Å²) in [6.45, 7) is 6.04. The van der Waals surface area contributed by atoms with Gasteiger partial charge in [-0.15, -0.1) is 0 Å². The predicted molar refractivity (Wildman–Crippen MR) is 80.7 cm³/mol. The summed E-state index contributed by atoms with van der Waals surface area (Å²) in [5.41, 5.74) is 0. The summed E-state index contributed by atoms with van der Waals surface area (Å²) < 4.78 is 5.55. The highest BCUT2D eigenvalue weighted by atomic mass is 16.5. The van der Waals surface area contributed by atoms with Crippen molar-refractivity contribution >= 4 is 11.8 Å². The first-order chi connectivity index (χ1) is 10.0. The molecule has 1 saturated heterocycles. The number of rotatable bonds is 5. The van der Waals surface area contributed by atoms with Gasteiger partial charge in [0.2, 0.25) is 11.8 Å². The van der Waals surface area contributed by atoms with Crippen LogP contribution in [0.3, 0.4) is 0 Å². The Kier molecular flexibility index (Phi) is 5.25. The molecule has 1 aliphatic carbocycles. The molecule has 2 aliphatic rings. The monoisotopic (exact) mass is 296 g/mol. The number of hydrogen-bond donors (Lipinski definition) is 1. The zero-order valence-corrected chi connectivity index (χ0v) is 13.6. The first-order valence-electron chi connectivity index (χ1n) is 8.20. The van der Waals surface area contributed by atoms with Crippen LogP contribution in [0.25, 0.3) is 0 Å². The number of methoxy groups -OCH3 is 1. The van der Waals surface area contributed by atoms with Crippen molar-refractivity contribution in [2.45, 2.75) is 77.1 Å². The van der Waals surface area contributed by atoms with Gasteiger partial charge in [-0.25, -0.2) is 0 Å². The van der Waals surface area contributed by atoms with Crippen LogP contribution in [-0.2, 0) is 14.3 Å². The summed E-state index contributed by atoms with van der Waals surface area (Å²) in [5, 5.41) is 2.93. The van der Waals surface area contributed by atoms with Crippen LogP contribution in [0, 0.1) is 5.92 Å². The molecule has 0 aromatic carbocycles. The van der Waals surface area contributed by atoms with Crippen LogP contribution < -0.4 is 5.32 Å². The Labute approximate surface area is 127 Å². The van der Waals surface area contributed by atoms with E-state index in [2.05, 4.69) is 5.32 Å². The Morgan fingerprint density at radius 3 is 2.62 bits per heavy atom. The molecule has 5 nitrogen and oxygen atoms in total. The SMILES string of the molecule is CCC(C)C1NC(=O)C(CC)N(C2CCCC2OC)C1=O. The van der Waals surface area contributed by atoms with Gasteiger partial charge in [-0.1, -0.05) is 27.2 Å². The van der Waals surface area contributed by atoms with Gasteiger partial charge in [0, 0.05) is 7.11 Å². The zero-order valence-electron chi connectivity index (χ0n) is 13.6. The fourth-order valence-corrected chi connectivity index (χ4v) is 3.65. The third-order valence-electron chi connectivity index (χ3n) is 5.13. The van der Waals surface area contributed by atoms with E-state index >= 15 is 0 Å². The molecule has 5 atom stereocenters. The van der Waals surface area contributed by atoms with E-state index in [0.29, 0.717) is 6.42 Å². The maximum atomic E-state index is 12.9. The lowest BCUT2D eigenvalue weighted by molar-refractivity contribution is -0.156. The molecular formula is C16H28N2O3. The second-order valence-electron chi connectivity index (χ2n) is 6.31. The minimum Gasteiger partial charge on any atom is -0.379 e. The van der Waals surface area contributed by atoms with Gasteiger partial charge in [-0.05, 0) is 31.6 Å². The van der Waals surface area contributed by atoms with Crippen molar-refractivity contribution in [3.8, 4) is 0 Å². The van der Waals surface area contributed by atoms with Crippen LogP contribution in [0.4, 0.5) is 0 Å². The Morgan fingerprint density at radius 1 is 1.33 bits per heavy atom. The average Bonchev–Trinajstić information content (AvgIpc) is 2.95. The van der Waals surface area contributed by atoms with Crippen molar-refractivity contribution in [1.82, 2.24) is 10.2 Å². The van der Waals surface area contributed by atoms with Crippen molar-refractivity contribution in [3.63, 3.8) is 0 Å². The van der Waals surface area contributed by atoms with Gasteiger partial charge < -0.3 is 15.0 Å². The lowest BCUT2D eigenvalue weighted by Gasteiger charge is -2.44. The molecule has 0 aromatic rings. The van der Waals surface area contributed by atoms with E-state index < -0.39 is 0 Å². The maximum absolute atomic E-state index is 12.9. The largest absolute Gasteiger partial charge is 0.379 e. The minimum atomic E-state index is -0.386. The number of ether oxygens (including phenoxy) is 1. The van der Waals surface area contributed by atoms with E-state index in [9.17, 15) is 9.59 Å². The standard InChI is InChI=1S/C16H28N2O3/c1-5-10(3)14-16(20)18(11(6-2)15(19)17-14)12-8-7-9-13(12)21-4/h10-14H,5-9H2,1-4H3,(H,17,19). The molecule has 1 saturated carbocycles. The van der Waals surface area contributed by atoms with Crippen LogP contribution in [0.1, 0.15) is 52.9 Å². The first-order valence-corrected chi connectivity index (χ1v) is 8.20. The molecule has 1 aliphatic heterocycles. The summed E-state index contributed by atoms with van der Waals surface area (Å²) in [4.78, 5) is 27.2. The molecule has 1 heterocycles. The molecule has 0 bridgehead atoms. The molecule has 2 fully saturated rings. The number of carbonyl (C=O) groups excluding carboxylic acids is 2. The first kappa shape index (κ1) is 16.3. The summed E-state index contributed by atoms with van der Waals surface area (Å²) in [6, 6.07) is -0.688. The molecule has 120 valence electrons. The molecule has 21 heavy (non-hydrogen) atoms. The quantitative estimate of drug-likeness (QED) is 0.840. The zero-order chi connectivity index (χ0) is 15.6. The summed E-state index contributed by atoms with van der Waals surface area (Å²) in [7, 11) is 1.70. The third kappa shape index (κ3) is 2.93. The van der Waals surface area contributed by atoms with Crippen molar-refractivity contribution in [2.75, 3.05) is 7.11 Å². The van der Waals surface area contributed by atoms with Gasteiger partial charge in [0.15, 0.2) is 0 Å². The van der Waals surface area contributed by atoms with E-state index in [-0.39, 0.29) is 42.0 Å². The molecular weight excluding hydrogens is 268 g/mol. The second-order valence-corrected chi connectivity index (χ2v) is 6.31. The molecule has 2 rings (SSSR count). The van der Waals surface area contributed by atoms with Crippen LogP contribution in [0.15, 0.2) is 0 Å². The van der Waals surface area contributed by atoms with Crippen molar-refractivity contribution in [3.05, 3.63) is 0 Å². The van der Waals surface area contributed by atoms with E-state index in [0.717, 1.165) is 25.7 Å². The van der Waals surface area contributed by atoms with E-state index in [1.54, 1.807) is 7.11 Å². The highest BCUT2D eigenvalue weighted by molar-refractivity contribution is 5.97. The van der Waals surface area contributed by atoms with Crippen LogP contribution in [0.2, 0.25) is 0 Å². The smallest absolute Gasteiger partial charge is 0.246 e. The van der Waals surface area contributed by atoms with Crippen LogP contribution >= 0.6 is 0 Å². The molecule has 5 heteroatoms. The lowest BCUT2D eigenvalue weighted by atomic mass is 9.92. The minimum absolute atomic E-state index is 0.0100. The Balaban J connectivity index is 2.28. The predicted octanol–water partition coefficient (Wildman–Crippen LogP) is 1.71. The molecule has 2 amide bonds. The second kappa shape index (κ2) is 6.77. The Hall–Kier alpha value is -1.10. The van der Waals surface area contributed by atoms with E-state index in [1.165, 1.54) is 0 Å². The molecule has 5 unspecified atom stereocenters. The van der Waals surface area contributed by atoms with Crippen LogP contribution in [-0.4, -0.2) is 48.1 Å². The normalized spacial score (nSPS) is 35.0. The highest BCUT2D eigenvalue weighted by Crippen LogP contribution is 2.31.